The van der Waals surface area contributed by atoms with E-state index in [2.05, 4.69) is 9.88 Å². The summed E-state index contributed by atoms with van der Waals surface area (Å²) in [6.07, 6.45) is 5.24. The second-order valence-electron chi connectivity index (χ2n) is 6.81. The van der Waals surface area contributed by atoms with Crippen LogP contribution in [0, 0.1) is 0 Å². The van der Waals surface area contributed by atoms with Crippen molar-refractivity contribution in [2.45, 2.75) is 0 Å². The summed E-state index contributed by atoms with van der Waals surface area (Å²) in [6, 6.07) is 20.2. The predicted molar refractivity (Wildman–Crippen MR) is 115 cm³/mol. The van der Waals surface area contributed by atoms with Crippen molar-refractivity contribution in [3.8, 4) is 5.95 Å². The van der Waals surface area contributed by atoms with Gasteiger partial charge in [-0.25, -0.2) is 4.98 Å². The van der Waals surface area contributed by atoms with Crippen molar-refractivity contribution < 1.29 is 4.74 Å². The summed E-state index contributed by atoms with van der Waals surface area (Å²) in [5.74, 6) is 1.70. The largest absolute Gasteiger partial charge is 0.378 e. The van der Waals surface area contributed by atoms with Gasteiger partial charge in [-0.1, -0.05) is 36.4 Å². The average Bonchev–Trinajstić information content (AvgIpc) is 3.36. The van der Waals surface area contributed by atoms with Gasteiger partial charge >= 0.3 is 0 Å². The first-order valence-electron chi connectivity index (χ1n) is 9.86. The lowest BCUT2D eigenvalue weighted by atomic mass is 10.2. The van der Waals surface area contributed by atoms with Crippen LogP contribution in [0.3, 0.4) is 0 Å². The van der Waals surface area contributed by atoms with Crippen LogP contribution >= 0.6 is 0 Å². The van der Waals surface area contributed by atoms with Gasteiger partial charge in [-0.05, 0) is 24.3 Å². The molecule has 8 heteroatoms. The number of imidazole rings is 1. The number of morpholine rings is 1. The van der Waals surface area contributed by atoms with E-state index in [9.17, 15) is 0 Å². The normalized spacial score (nSPS) is 13.9. The highest BCUT2D eigenvalue weighted by Crippen LogP contribution is 2.32. The molecule has 1 fully saturated rings. The van der Waals surface area contributed by atoms with Gasteiger partial charge in [0.05, 0.1) is 13.2 Å². The summed E-state index contributed by atoms with van der Waals surface area (Å²) < 4.78 is 7.30. The fourth-order valence-electron chi connectivity index (χ4n) is 3.38. The zero-order chi connectivity index (χ0) is 20.2. The minimum atomic E-state index is 0.524. The Morgan fingerprint density at radius 1 is 0.767 bits per heavy atom. The lowest BCUT2D eigenvalue weighted by Gasteiger charge is -2.29. The van der Waals surface area contributed by atoms with Gasteiger partial charge in [0.1, 0.15) is 6.33 Å². The van der Waals surface area contributed by atoms with Crippen molar-refractivity contribution in [1.82, 2.24) is 24.5 Å². The molecule has 5 rings (SSSR count). The topological polar surface area (TPSA) is 72.2 Å². The van der Waals surface area contributed by atoms with Crippen molar-refractivity contribution in [2.24, 2.45) is 0 Å². The molecular formula is C22H21N7O. The third kappa shape index (κ3) is 3.72. The molecule has 0 amide bonds. The Bertz CT molecular complexity index is 1040. The number of benzene rings is 2. The first-order valence-corrected chi connectivity index (χ1v) is 9.86. The number of aromatic nitrogens is 5. The van der Waals surface area contributed by atoms with E-state index in [0.717, 1.165) is 24.5 Å². The molecule has 0 bridgehead atoms. The van der Waals surface area contributed by atoms with Gasteiger partial charge in [0.15, 0.2) is 0 Å². The molecule has 1 aliphatic rings. The smallest absolute Gasteiger partial charge is 0.241 e. The minimum Gasteiger partial charge on any atom is -0.378 e. The lowest BCUT2D eigenvalue weighted by Crippen LogP contribution is -2.37. The molecule has 0 N–H and O–H groups in total. The highest BCUT2D eigenvalue weighted by Gasteiger charge is 2.21. The quantitative estimate of drug-likeness (QED) is 0.509. The van der Waals surface area contributed by atoms with Crippen LogP contribution in [-0.4, -0.2) is 50.8 Å². The van der Waals surface area contributed by atoms with Gasteiger partial charge in [-0.15, -0.1) is 0 Å². The molecule has 0 unspecified atom stereocenters. The summed E-state index contributed by atoms with van der Waals surface area (Å²) in [6.45, 7) is 2.79. The molecule has 150 valence electrons. The van der Waals surface area contributed by atoms with Crippen molar-refractivity contribution in [3.63, 3.8) is 0 Å². The van der Waals surface area contributed by atoms with Gasteiger partial charge < -0.3 is 9.64 Å². The van der Waals surface area contributed by atoms with Crippen molar-refractivity contribution in [1.29, 1.82) is 0 Å². The van der Waals surface area contributed by atoms with E-state index >= 15 is 0 Å². The molecule has 0 radical (unpaired) electrons. The fraction of sp³-hybridized carbons (Fsp3) is 0.182. The highest BCUT2D eigenvalue weighted by molar-refractivity contribution is 5.73. The predicted octanol–water partition coefficient (Wildman–Crippen LogP) is 3.36. The fourth-order valence-corrected chi connectivity index (χ4v) is 3.38. The number of rotatable bonds is 5. The molecule has 0 aliphatic carbocycles. The van der Waals surface area contributed by atoms with Gasteiger partial charge in [0.2, 0.25) is 17.8 Å². The molecule has 0 atom stereocenters. The van der Waals surface area contributed by atoms with Crippen LogP contribution in [0.25, 0.3) is 5.95 Å². The average molecular weight is 399 g/mol. The molecule has 0 spiro atoms. The van der Waals surface area contributed by atoms with Crippen LogP contribution in [0.4, 0.5) is 23.3 Å². The summed E-state index contributed by atoms with van der Waals surface area (Å²) in [7, 11) is 0. The molecule has 1 saturated heterocycles. The molecule has 30 heavy (non-hydrogen) atoms. The number of nitrogens with zero attached hydrogens (tertiary/aromatic N) is 7. The Morgan fingerprint density at radius 2 is 1.40 bits per heavy atom. The van der Waals surface area contributed by atoms with E-state index in [1.165, 1.54) is 0 Å². The SMILES string of the molecule is c1ccc(N(c2ccccc2)c2nc(N3CCOCC3)nc(-n3ccnc3)n2)cc1. The molecule has 4 aromatic rings. The zero-order valence-electron chi connectivity index (χ0n) is 16.4. The van der Waals surface area contributed by atoms with Crippen LogP contribution in [0.5, 0.6) is 0 Å². The van der Waals surface area contributed by atoms with E-state index in [1.807, 2.05) is 71.8 Å². The minimum absolute atomic E-state index is 0.524. The van der Waals surface area contributed by atoms with Crippen LogP contribution in [0.15, 0.2) is 79.4 Å². The lowest BCUT2D eigenvalue weighted by molar-refractivity contribution is 0.122. The standard InChI is InChI=1S/C22H21N7O/c1-3-7-18(8-4-1)29(19-9-5-2-6-10-19)22-25-20(27-13-15-30-16-14-27)24-21(26-22)28-12-11-23-17-28/h1-12,17H,13-16H2. The number of anilines is 4. The number of para-hydroxylation sites is 2. The molecule has 8 nitrogen and oxygen atoms in total. The monoisotopic (exact) mass is 399 g/mol. The Balaban J connectivity index is 1.67. The Labute approximate surface area is 174 Å². The van der Waals surface area contributed by atoms with Crippen molar-refractivity contribution in [2.75, 3.05) is 36.1 Å². The van der Waals surface area contributed by atoms with E-state index in [4.69, 9.17) is 19.7 Å². The van der Waals surface area contributed by atoms with Gasteiger partial charge in [-0.2, -0.15) is 15.0 Å². The van der Waals surface area contributed by atoms with Crippen molar-refractivity contribution >= 4 is 23.3 Å². The van der Waals surface area contributed by atoms with E-state index in [-0.39, 0.29) is 0 Å². The van der Waals surface area contributed by atoms with Gasteiger partial charge in [0, 0.05) is 36.9 Å². The van der Waals surface area contributed by atoms with Gasteiger partial charge in [-0.3, -0.25) is 9.47 Å². The van der Waals surface area contributed by atoms with Gasteiger partial charge in [0.25, 0.3) is 0 Å². The van der Waals surface area contributed by atoms with E-state index in [1.54, 1.807) is 17.1 Å². The third-order valence-corrected chi connectivity index (χ3v) is 4.86. The van der Waals surface area contributed by atoms with E-state index < -0.39 is 0 Å². The number of hydrogen-bond donors (Lipinski definition) is 0. The van der Waals surface area contributed by atoms with Crippen LogP contribution < -0.4 is 9.80 Å². The van der Waals surface area contributed by atoms with Crippen LogP contribution in [0.2, 0.25) is 0 Å². The highest BCUT2D eigenvalue weighted by atomic mass is 16.5. The first-order chi connectivity index (χ1) is 14.9. The molecular weight excluding hydrogens is 378 g/mol. The maximum Gasteiger partial charge on any atom is 0.241 e. The molecule has 0 saturated carbocycles. The van der Waals surface area contributed by atoms with Crippen LogP contribution in [-0.2, 0) is 4.74 Å². The Morgan fingerprint density at radius 3 is 2.00 bits per heavy atom. The Kier molecular flexibility index (Phi) is 5.05. The first kappa shape index (κ1) is 18.3. The maximum absolute atomic E-state index is 5.50. The van der Waals surface area contributed by atoms with Crippen LogP contribution in [0.1, 0.15) is 0 Å². The number of ether oxygens (including phenoxy) is 1. The number of hydrogen-bond acceptors (Lipinski definition) is 7. The van der Waals surface area contributed by atoms with Crippen molar-refractivity contribution in [3.05, 3.63) is 79.4 Å². The molecule has 2 aromatic carbocycles. The summed E-state index contributed by atoms with van der Waals surface area (Å²) in [4.78, 5) is 22.7. The second kappa shape index (κ2) is 8.30. The van der Waals surface area contributed by atoms with E-state index in [0.29, 0.717) is 31.1 Å². The molecule has 2 aromatic heterocycles. The zero-order valence-corrected chi connectivity index (χ0v) is 16.4. The molecule has 1 aliphatic heterocycles. The summed E-state index contributed by atoms with van der Waals surface area (Å²) in [5, 5.41) is 0. The second-order valence-corrected chi connectivity index (χ2v) is 6.81. The Hall–Kier alpha value is -3.78. The summed E-state index contributed by atoms with van der Waals surface area (Å²) in [5.41, 5.74) is 1.94. The third-order valence-electron chi connectivity index (χ3n) is 4.86. The maximum atomic E-state index is 5.50. The molecule has 3 heterocycles. The summed E-state index contributed by atoms with van der Waals surface area (Å²) >= 11 is 0.